The maximum atomic E-state index is 12.3. The first-order chi connectivity index (χ1) is 11.2. The zero-order valence-corrected chi connectivity index (χ0v) is 15.4. The van der Waals surface area contributed by atoms with Gasteiger partial charge in [0.2, 0.25) is 15.9 Å². The maximum Gasteiger partial charge on any atom is 0.245 e. The van der Waals surface area contributed by atoms with Crippen molar-refractivity contribution < 1.29 is 13.2 Å². The molecule has 0 unspecified atom stereocenters. The highest BCUT2D eigenvalue weighted by atomic mass is 35.5. The lowest BCUT2D eigenvalue weighted by Crippen LogP contribution is -2.37. The van der Waals surface area contributed by atoms with E-state index in [9.17, 15) is 13.2 Å². The molecular formula is C16H16Cl2N2O3S. The molecule has 0 aliphatic rings. The summed E-state index contributed by atoms with van der Waals surface area (Å²) in [6, 6.07) is 11.5. The van der Waals surface area contributed by atoms with Gasteiger partial charge in [0.15, 0.2) is 0 Å². The Balaban J connectivity index is 2.22. The first-order valence-corrected chi connectivity index (χ1v) is 9.56. The number of sulfonamides is 1. The number of hydrogen-bond donors (Lipinski definition) is 1. The predicted molar refractivity (Wildman–Crippen MR) is 98.5 cm³/mol. The van der Waals surface area contributed by atoms with Crippen LogP contribution in [0.4, 0.5) is 11.4 Å². The number of aryl methyl sites for hydroxylation is 1. The second-order valence-corrected chi connectivity index (χ2v) is 8.03. The van der Waals surface area contributed by atoms with Crippen LogP contribution in [0.5, 0.6) is 0 Å². The van der Waals surface area contributed by atoms with Gasteiger partial charge in [0.05, 0.1) is 22.7 Å². The maximum absolute atomic E-state index is 12.3. The third kappa shape index (κ3) is 4.87. The molecule has 2 rings (SSSR count). The Morgan fingerprint density at radius 1 is 1.17 bits per heavy atom. The molecule has 2 aromatic carbocycles. The molecule has 0 aliphatic carbocycles. The molecule has 0 bridgehead atoms. The highest BCUT2D eigenvalue weighted by molar-refractivity contribution is 7.92. The molecule has 1 amide bonds. The lowest BCUT2D eigenvalue weighted by Gasteiger charge is -2.22. The number of amides is 1. The van der Waals surface area contributed by atoms with Crippen molar-refractivity contribution >= 4 is 50.5 Å². The fourth-order valence-electron chi connectivity index (χ4n) is 2.09. The van der Waals surface area contributed by atoms with E-state index in [1.165, 1.54) is 6.07 Å². The largest absolute Gasteiger partial charge is 0.323 e. The second kappa shape index (κ2) is 7.42. The number of nitrogens with zero attached hydrogens (tertiary/aromatic N) is 1. The Labute approximate surface area is 151 Å². The molecule has 1 N–H and O–H groups in total. The van der Waals surface area contributed by atoms with Crippen molar-refractivity contribution in [2.75, 3.05) is 22.4 Å². The van der Waals surface area contributed by atoms with Crippen molar-refractivity contribution in [3.8, 4) is 0 Å². The van der Waals surface area contributed by atoms with Gasteiger partial charge in [0.1, 0.15) is 6.54 Å². The Morgan fingerprint density at radius 3 is 2.46 bits per heavy atom. The van der Waals surface area contributed by atoms with Crippen molar-refractivity contribution in [3.63, 3.8) is 0 Å². The number of anilines is 2. The van der Waals surface area contributed by atoms with E-state index < -0.39 is 15.9 Å². The fraction of sp³-hybridized carbons (Fsp3) is 0.188. The summed E-state index contributed by atoms with van der Waals surface area (Å²) in [6.45, 7) is 1.48. The van der Waals surface area contributed by atoms with E-state index in [1.807, 2.05) is 13.0 Å². The van der Waals surface area contributed by atoms with Crippen LogP contribution in [0.2, 0.25) is 10.0 Å². The summed E-state index contributed by atoms with van der Waals surface area (Å²) in [6.07, 6.45) is 1.05. The molecular weight excluding hydrogens is 371 g/mol. The average Bonchev–Trinajstić information content (AvgIpc) is 2.46. The molecule has 0 aromatic heterocycles. The molecule has 2 aromatic rings. The van der Waals surface area contributed by atoms with Crippen LogP contribution in [0, 0.1) is 6.92 Å². The van der Waals surface area contributed by atoms with Crippen molar-refractivity contribution in [1.29, 1.82) is 0 Å². The van der Waals surface area contributed by atoms with Crippen LogP contribution in [0.15, 0.2) is 42.5 Å². The van der Waals surface area contributed by atoms with Gasteiger partial charge in [-0.1, -0.05) is 35.3 Å². The van der Waals surface area contributed by atoms with Gasteiger partial charge in [-0.05, 0) is 42.8 Å². The van der Waals surface area contributed by atoms with Gasteiger partial charge in [-0.25, -0.2) is 8.42 Å². The number of hydrogen-bond acceptors (Lipinski definition) is 3. The lowest BCUT2D eigenvalue weighted by molar-refractivity contribution is -0.114. The molecule has 24 heavy (non-hydrogen) atoms. The number of carbonyl (C=O) groups excluding carboxylic acids is 1. The molecule has 0 radical (unpaired) electrons. The fourth-order valence-corrected chi connectivity index (χ4v) is 3.40. The minimum atomic E-state index is -3.62. The molecule has 0 aliphatic heterocycles. The number of rotatable bonds is 5. The summed E-state index contributed by atoms with van der Waals surface area (Å²) < 4.78 is 25.1. The van der Waals surface area contributed by atoms with E-state index >= 15 is 0 Å². The van der Waals surface area contributed by atoms with Gasteiger partial charge >= 0.3 is 0 Å². The molecule has 8 heteroatoms. The van der Waals surface area contributed by atoms with E-state index in [0.29, 0.717) is 16.4 Å². The molecule has 5 nitrogen and oxygen atoms in total. The Hall–Kier alpha value is -1.76. The molecule has 0 spiro atoms. The molecule has 0 saturated heterocycles. The summed E-state index contributed by atoms with van der Waals surface area (Å²) in [5.74, 6) is -0.508. The van der Waals surface area contributed by atoms with Gasteiger partial charge in [0.25, 0.3) is 0 Å². The topological polar surface area (TPSA) is 66.5 Å². The van der Waals surface area contributed by atoms with E-state index in [4.69, 9.17) is 23.2 Å². The summed E-state index contributed by atoms with van der Waals surface area (Å²) in [7, 11) is -3.62. The van der Waals surface area contributed by atoms with E-state index in [-0.39, 0.29) is 11.6 Å². The highest BCUT2D eigenvalue weighted by Gasteiger charge is 2.21. The first-order valence-electron chi connectivity index (χ1n) is 6.96. The minimum absolute atomic E-state index is 0.275. The zero-order chi connectivity index (χ0) is 17.9. The van der Waals surface area contributed by atoms with Crippen LogP contribution in [-0.4, -0.2) is 27.1 Å². The van der Waals surface area contributed by atoms with Crippen molar-refractivity contribution in [3.05, 3.63) is 58.1 Å². The molecule has 0 atom stereocenters. The Bertz CT molecular complexity index is 869. The smallest absolute Gasteiger partial charge is 0.245 e. The number of halogens is 2. The minimum Gasteiger partial charge on any atom is -0.323 e. The summed E-state index contributed by atoms with van der Waals surface area (Å²) >= 11 is 11.8. The number of carbonyl (C=O) groups is 1. The normalized spacial score (nSPS) is 11.2. The van der Waals surface area contributed by atoms with E-state index in [0.717, 1.165) is 16.1 Å². The SMILES string of the molecule is Cc1cccc(N(CC(=O)Nc2ccc(Cl)cc2Cl)S(C)(=O)=O)c1. The predicted octanol–water partition coefficient (Wildman–Crippen LogP) is 3.71. The third-order valence-electron chi connectivity index (χ3n) is 3.18. The van der Waals surface area contributed by atoms with Crippen LogP contribution in [-0.2, 0) is 14.8 Å². The third-order valence-corrected chi connectivity index (χ3v) is 4.87. The Morgan fingerprint density at radius 2 is 1.88 bits per heavy atom. The second-order valence-electron chi connectivity index (χ2n) is 5.28. The van der Waals surface area contributed by atoms with E-state index in [1.54, 1.807) is 30.3 Å². The highest BCUT2D eigenvalue weighted by Crippen LogP contribution is 2.25. The molecule has 0 heterocycles. The van der Waals surface area contributed by atoms with Crippen LogP contribution < -0.4 is 9.62 Å². The van der Waals surface area contributed by atoms with Crippen LogP contribution >= 0.6 is 23.2 Å². The molecule has 0 saturated carbocycles. The van der Waals surface area contributed by atoms with Gasteiger partial charge in [-0.3, -0.25) is 9.10 Å². The summed E-state index contributed by atoms with van der Waals surface area (Å²) in [5.41, 5.74) is 1.68. The monoisotopic (exact) mass is 386 g/mol. The number of benzene rings is 2. The standard InChI is InChI=1S/C16H16Cl2N2O3S/c1-11-4-3-5-13(8-11)20(24(2,22)23)10-16(21)19-15-7-6-12(17)9-14(15)18/h3-9H,10H2,1-2H3,(H,19,21). The molecule has 0 fully saturated rings. The Kier molecular flexibility index (Phi) is 5.74. The average molecular weight is 387 g/mol. The van der Waals surface area contributed by atoms with Gasteiger partial charge in [-0.2, -0.15) is 0 Å². The van der Waals surface area contributed by atoms with Gasteiger partial charge < -0.3 is 5.32 Å². The summed E-state index contributed by atoms with van der Waals surface area (Å²) in [4.78, 5) is 12.3. The van der Waals surface area contributed by atoms with Crippen molar-refractivity contribution in [1.82, 2.24) is 0 Å². The quantitative estimate of drug-likeness (QED) is 0.851. The summed E-state index contributed by atoms with van der Waals surface area (Å²) in [5, 5.41) is 3.30. The first kappa shape index (κ1) is 18.6. The zero-order valence-electron chi connectivity index (χ0n) is 13.1. The van der Waals surface area contributed by atoms with Crippen LogP contribution in [0.3, 0.4) is 0 Å². The van der Waals surface area contributed by atoms with Gasteiger partial charge in [0, 0.05) is 5.02 Å². The molecule has 128 valence electrons. The van der Waals surface area contributed by atoms with Crippen molar-refractivity contribution in [2.24, 2.45) is 0 Å². The van der Waals surface area contributed by atoms with Gasteiger partial charge in [-0.15, -0.1) is 0 Å². The lowest BCUT2D eigenvalue weighted by atomic mass is 10.2. The van der Waals surface area contributed by atoms with Crippen molar-refractivity contribution in [2.45, 2.75) is 6.92 Å². The van der Waals surface area contributed by atoms with E-state index in [2.05, 4.69) is 5.32 Å². The number of nitrogens with one attached hydrogen (secondary N) is 1. The van der Waals surface area contributed by atoms with Crippen LogP contribution in [0.25, 0.3) is 0 Å². The van der Waals surface area contributed by atoms with Crippen LogP contribution in [0.1, 0.15) is 5.56 Å².